The van der Waals surface area contributed by atoms with E-state index in [4.69, 9.17) is 21.6 Å². The number of hydrogen-bond acceptors (Lipinski definition) is 7. The summed E-state index contributed by atoms with van der Waals surface area (Å²) in [5, 5.41) is 20.0. The third-order valence-electron chi connectivity index (χ3n) is 7.25. The van der Waals surface area contributed by atoms with Crippen LogP contribution in [0.2, 0.25) is 0 Å². The Bertz CT molecular complexity index is 1650. The molecule has 0 aliphatic heterocycles. The molecule has 4 aromatic rings. The zero-order valence-corrected chi connectivity index (χ0v) is 26.7. The topological polar surface area (TPSA) is 215 Å². The number of nitrogens with two attached hydrogens (primary N) is 3. The average Bonchev–Trinajstić information content (AvgIpc) is 3.37. The maximum atomic E-state index is 13.2. The lowest BCUT2D eigenvalue weighted by molar-refractivity contribution is -0.616. The van der Waals surface area contributed by atoms with Gasteiger partial charge in [-0.25, -0.2) is 4.79 Å². The SMILES string of the molecule is C[n+]1c2ccccc2c(NCC(=O)NC(CCCCN)C(=O)NC(CCCN=C(N)N)C(=O)O)c2oc3ccccc3c21.[I-]. The smallest absolute Gasteiger partial charge is 0.326 e. The van der Waals surface area contributed by atoms with Crippen LogP contribution in [0.25, 0.3) is 33.0 Å². The quantitative estimate of drug-likeness (QED) is 0.0243. The Morgan fingerprint density at radius 1 is 0.955 bits per heavy atom. The highest BCUT2D eigenvalue weighted by molar-refractivity contribution is 6.11. The Labute approximate surface area is 271 Å². The molecule has 10 N–H and O–H groups in total. The van der Waals surface area contributed by atoms with Crippen LogP contribution in [0.1, 0.15) is 32.1 Å². The predicted molar refractivity (Wildman–Crippen MR) is 165 cm³/mol. The van der Waals surface area contributed by atoms with Gasteiger partial charge in [0, 0.05) is 12.6 Å². The largest absolute Gasteiger partial charge is 1.00 e. The van der Waals surface area contributed by atoms with Crippen molar-refractivity contribution < 1.29 is 52.5 Å². The van der Waals surface area contributed by atoms with E-state index in [2.05, 4.69) is 25.5 Å². The third kappa shape index (κ3) is 8.25. The van der Waals surface area contributed by atoms with Gasteiger partial charge in [-0.15, -0.1) is 0 Å². The summed E-state index contributed by atoms with van der Waals surface area (Å²) < 4.78 is 8.31. The van der Waals surface area contributed by atoms with Crippen LogP contribution in [0.3, 0.4) is 0 Å². The monoisotopic (exact) mass is 718 g/mol. The first-order valence-electron chi connectivity index (χ1n) is 14.2. The van der Waals surface area contributed by atoms with Gasteiger partial charge < -0.3 is 66.7 Å². The number of benzene rings is 2. The predicted octanol–water partition coefficient (Wildman–Crippen LogP) is -1.78. The summed E-state index contributed by atoms with van der Waals surface area (Å²) >= 11 is 0. The summed E-state index contributed by atoms with van der Waals surface area (Å²) in [5.74, 6) is -2.30. The molecule has 4 rings (SSSR count). The Balaban J connectivity index is 0.00000529. The second-order valence-corrected chi connectivity index (χ2v) is 10.3. The lowest BCUT2D eigenvalue weighted by Gasteiger charge is -2.22. The van der Waals surface area contributed by atoms with Crippen molar-refractivity contribution in [1.82, 2.24) is 10.6 Å². The summed E-state index contributed by atoms with van der Waals surface area (Å²) in [7, 11) is 1.97. The van der Waals surface area contributed by atoms with Crippen molar-refractivity contribution in [2.45, 2.75) is 44.2 Å². The van der Waals surface area contributed by atoms with Gasteiger partial charge in [0.2, 0.25) is 22.9 Å². The van der Waals surface area contributed by atoms with Crippen LogP contribution in [-0.2, 0) is 21.4 Å². The van der Waals surface area contributed by atoms with E-state index in [-0.39, 0.29) is 49.4 Å². The molecule has 14 heteroatoms. The number of halogens is 1. The Morgan fingerprint density at radius 2 is 1.64 bits per heavy atom. The van der Waals surface area contributed by atoms with Crippen molar-refractivity contribution in [3.8, 4) is 0 Å². The fourth-order valence-electron chi connectivity index (χ4n) is 5.14. The van der Waals surface area contributed by atoms with Crippen molar-refractivity contribution in [2.75, 3.05) is 25.0 Å². The summed E-state index contributed by atoms with van der Waals surface area (Å²) in [4.78, 5) is 42.0. The number of para-hydroxylation sites is 2. The van der Waals surface area contributed by atoms with Crippen LogP contribution in [-0.4, -0.2) is 60.6 Å². The van der Waals surface area contributed by atoms with Gasteiger partial charge in [-0.05, 0) is 56.8 Å². The van der Waals surface area contributed by atoms with E-state index in [9.17, 15) is 19.5 Å². The number of aliphatic carboxylic acids is 1. The molecular weight excluding hydrogens is 679 g/mol. The molecule has 2 amide bonds. The zero-order chi connectivity index (χ0) is 30.9. The van der Waals surface area contributed by atoms with Crippen molar-refractivity contribution in [3.05, 3.63) is 48.5 Å². The minimum atomic E-state index is -1.19. The number of nitrogens with one attached hydrogen (secondary N) is 3. The number of nitrogens with zero attached hydrogens (tertiary/aromatic N) is 2. The average molecular weight is 719 g/mol. The van der Waals surface area contributed by atoms with Gasteiger partial charge in [0.25, 0.3) is 5.52 Å². The number of aromatic nitrogens is 1. The van der Waals surface area contributed by atoms with Crippen molar-refractivity contribution >= 4 is 62.4 Å². The highest BCUT2D eigenvalue weighted by Gasteiger charge is 2.27. The van der Waals surface area contributed by atoms with Gasteiger partial charge in [-0.3, -0.25) is 14.6 Å². The van der Waals surface area contributed by atoms with Crippen molar-refractivity contribution in [2.24, 2.45) is 29.2 Å². The van der Waals surface area contributed by atoms with E-state index in [1.54, 1.807) is 0 Å². The van der Waals surface area contributed by atoms with Gasteiger partial charge in [0.1, 0.15) is 24.7 Å². The van der Waals surface area contributed by atoms with E-state index >= 15 is 0 Å². The number of unbranched alkanes of at least 4 members (excludes halogenated alkanes) is 1. The molecule has 0 aliphatic carbocycles. The van der Waals surface area contributed by atoms with E-state index in [1.165, 1.54) is 0 Å². The number of aryl methyl sites for hydroxylation is 1. The van der Waals surface area contributed by atoms with Crippen molar-refractivity contribution in [1.29, 1.82) is 0 Å². The number of pyridine rings is 1. The van der Waals surface area contributed by atoms with Gasteiger partial charge >= 0.3 is 5.97 Å². The minimum absolute atomic E-state index is 0. The summed E-state index contributed by atoms with van der Waals surface area (Å²) in [6.07, 6.45) is 1.99. The van der Waals surface area contributed by atoms with Crippen LogP contribution >= 0.6 is 0 Å². The van der Waals surface area contributed by atoms with E-state index in [1.807, 2.05) is 55.6 Å². The van der Waals surface area contributed by atoms with E-state index < -0.39 is 29.9 Å². The second-order valence-electron chi connectivity index (χ2n) is 10.3. The first-order chi connectivity index (χ1) is 20.7. The number of carbonyl (C=O) groups is 3. The number of carboxylic acid groups (broad SMARTS) is 1. The zero-order valence-electron chi connectivity index (χ0n) is 24.5. The molecule has 0 bridgehead atoms. The van der Waals surface area contributed by atoms with Crippen molar-refractivity contribution in [3.63, 3.8) is 0 Å². The van der Waals surface area contributed by atoms with Crippen LogP contribution in [0.4, 0.5) is 5.69 Å². The maximum Gasteiger partial charge on any atom is 0.326 e. The number of anilines is 1. The molecule has 13 nitrogen and oxygen atoms in total. The van der Waals surface area contributed by atoms with E-state index in [0.717, 1.165) is 27.4 Å². The molecule has 0 fully saturated rings. The summed E-state index contributed by atoms with van der Waals surface area (Å²) in [6, 6.07) is 13.4. The molecule has 44 heavy (non-hydrogen) atoms. The van der Waals surface area contributed by atoms with Crippen LogP contribution in [0.5, 0.6) is 0 Å². The first-order valence-corrected chi connectivity index (χ1v) is 14.2. The molecule has 0 saturated carbocycles. The summed E-state index contributed by atoms with van der Waals surface area (Å²) in [5.41, 5.74) is 20.1. The number of aliphatic imine (C=N–C) groups is 1. The number of carboxylic acids is 1. The fraction of sp³-hybridized carbons (Fsp3) is 0.367. The number of fused-ring (bicyclic) bond motifs is 4. The summed E-state index contributed by atoms with van der Waals surface area (Å²) in [6.45, 7) is 0.513. The number of hydrogen-bond donors (Lipinski definition) is 7. The molecule has 236 valence electrons. The fourth-order valence-corrected chi connectivity index (χ4v) is 5.14. The highest BCUT2D eigenvalue weighted by Crippen LogP contribution is 2.35. The van der Waals surface area contributed by atoms with Gasteiger partial charge in [0.15, 0.2) is 5.96 Å². The Morgan fingerprint density at radius 3 is 2.34 bits per heavy atom. The van der Waals surface area contributed by atoms with E-state index in [0.29, 0.717) is 43.5 Å². The molecule has 2 unspecified atom stereocenters. The van der Waals surface area contributed by atoms with Crippen LogP contribution in [0.15, 0.2) is 57.9 Å². The number of guanidine groups is 1. The second kappa shape index (κ2) is 16.0. The minimum Gasteiger partial charge on any atom is -1.00 e. The van der Waals surface area contributed by atoms with Gasteiger partial charge in [0.05, 0.1) is 23.0 Å². The molecule has 2 heterocycles. The molecule has 0 aliphatic rings. The molecule has 0 radical (unpaired) electrons. The molecular formula is C30H39IN8O5. The molecule has 2 atom stereocenters. The molecule has 2 aromatic carbocycles. The Hall–Kier alpha value is -4.18. The molecule has 0 spiro atoms. The maximum absolute atomic E-state index is 13.2. The third-order valence-corrected chi connectivity index (χ3v) is 7.25. The van der Waals surface area contributed by atoms with Crippen LogP contribution < -0.4 is 61.7 Å². The number of rotatable bonds is 15. The number of amides is 2. The van der Waals surface area contributed by atoms with Gasteiger partial charge in [-0.1, -0.05) is 24.3 Å². The Kier molecular flexibility index (Phi) is 12.5. The number of furan rings is 1. The first kappa shape index (κ1) is 34.3. The standard InChI is InChI=1S/C30H38N8O5.HI/c1-38-22-13-4-2-9-18(22)25(27-26(38)19-10-3-5-14-23(19)43-27)35-17-24(39)36-20(11-6-7-15-31)28(40)37-21(29(41)42)12-8-16-34-30(32)33;/h2-5,9-10,13-14,20-21H,6-8,11-12,15-17,31H2,1H3,(H7,32,33,34,36,37,39,40,41,42);1H. The lowest BCUT2D eigenvalue weighted by Crippen LogP contribution is -3.00. The number of carbonyl (C=O) groups excluding carboxylic acids is 2. The lowest BCUT2D eigenvalue weighted by atomic mass is 10.1. The molecule has 0 saturated heterocycles. The van der Waals surface area contributed by atoms with Gasteiger partial charge in [-0.2, -0.15) is 4.57 Å². The molecule has 2 aromatic heterocycles. The normalized spacial score (nSPS) is 12.3. The highest BCUT2D eigenvalue weighted by atomic mass is 127. The van der Waals surface area contributed by atoms with Crippen LogP contribution in [0, 0.1) is 0 Å².